The fourth-order valence-electron chi connectivity index (χ4n) is 1.48. The Hall–Kier alpha value is -0.830. The van der Waals surface area contributed by atoms with Crippen LogP contribution < -0.4 is 5.73 Å². The Labute approximate surface area is 98.0 Å². The van der Waals surface area contributed by atoms with Crippen LogP contribution in [0.3, 0.4) is 0 Å². The van der Waals surface area contributed by atoms with Gasteiger partial charge in [0.15, 0.2) is 0 Å². The molecule has 0 unspecified atom stereocenters. The highest BCUT2D eigenvalue weighted by Crippen LogP contribution is 2.28. The summed E-state index contributed by atoms with van der Waals surface area (Å²) >= 11 is 12.0. The molecule has 0 radical (unpaired) electrons. The lowest BCUT2D eigenvalue weighted by molar-refractivity contribution is 0.815. The number of hydrogen-bond acceptors (Lipinski definition) is 2. The van der Waals surface area contributed by atoms with Gasteiger partial charge in [-0.05, 0) is 19.1 Å². The minimum atomic E-state index is -0.131. The molecular formula is C11H10Cl2N2. The summed E-state index contributed by atoms with van der Waals surface area (Å²) in [6, 6.07) is 7.41. The predicted octanol–water partition coefficient (Wildman–Crippen LogP) is 3.56. The van der Waals surface area contributed by atoms with Gasteiger partial charge in [0.1, 0.15) is 5.15 Å². The van der Waals surface area contributed by atoms with Crippen LogP contribution in [0.25, 0.3) is 10.9 Å². The van der Waals surface area contributed by atoms with E-state index < -0.39 is 0 Å². The van der Waals surface area contributed by atoms with Crippen molar-refractivity contribution >= 4 is 34.1 Å². The summed E-state index contributed by atoms with van der Waals surface area (Å²) in [4.78, 5) is 4.25. The zero-order valence-electron chi connectivity index (χ0n) is 8.17. The molecule has 0 aliphatic rings. The first-order chi connectivity index (χ1) is 7.09. The molecule has 1 aromatic heterocycles. The van der Waals surface area contributed by atoms with Crippen LogP contribution in [0.5, 0.6) is 0 Å². The normalized spacial score (nSPS) is 13.1. The molecule has 2 rings (SSSR count). The number of nitrogens with two attached hydrogens (primary N) is 1. The van der Waals surface area contributed by atoms with Crippen LogP contribution in [-0.4, -0.2) is 4.98 Å². The zero-order valence-corrected chi connectivity index (χ0v) is 9.68. The van der Waals surface area contributed by atoms with Crippen molar-refractivity contribution in [2.24, 2.45) is 5.73 Å². The second-order valence-electron chi connectivity index (χ2n) is 3.47. The Morgan fingerprint density at radius 1 is 1.33 bits per heavy atom. The van der Waals surface area contributed by atoms with Gasteiger partial charge in [0.2, 0.25) is 0 Å². The molecule has 2 N–H and O–H groups in total. The maximum absolute atomic E-state index is 6.02. The lowest BCUT2D eigenvalue weighted by atomic mass is 10.1. The van der Waals surface area contributed by atoms with Gasteiger partial charge in [-0.3, -0.25) is 0 Å². The van der Waals surface area contributed by atoms with Crippen molar-refractivity contribution in [1.29, 1.82) is 0 Å². The Morgan fingerprint density at radius 2 is 2.07 bits per heavy atom. The van der Waals surface area contributed by atoms with Gasteiger partial charge >= 0.3 is 0 Å². The van der Waals surface area contributed by atoms with E-state index in [1.807, 2.05) is 25.1 Å². The van der Waals surface area contributed by atoms with E-state index in [0.717, 1.165) is 10.9 Å². The maximum Gasteiger partial charge on any atom is 0.134 e. The fourth-order valence-corrected chi connectivity index (χ4v) is 2.01. The SMILES string of the molecule is C[C@H](N)c1cc2cccc(Cl)c2nc1Cl. The number of pyridine rings is 1. The monoisotopic (exact) mass is 240 g/mol. The van der Waals surface area contributed by atoms with Gasteiger partial charge in [0.05, 0.1) is 10.5 Å². The van der Waals surface area contributed by atoms with Crippen LogP contribution in [0.2, 0.25) is 10.2 Å². The first-order valence-electron chi connectivity index (χ1n) is 4.60. The minimum Gasteiger partial charge on any atom is -0.324 e. The van der Waals surface area contributed by atoms with E-state index in [0.29, 0.717) is 15.7 Å². The number of hydrogen-bond donors (Lipinski definition) is 1. The van der Waals surface area contributed by atoms with E-state index in [2.05, 4.69) is 4.98 Å². The molecule has 0 amide bonds. The van der Waals surface area contributed by atoms with Gasteiger partial charge in [-0.1, -0.05) is 35.3 Å². The summed E-state index contributed by atoms with van der Waals surface area (Å²) in [6.07, 6.45) is 0. The molecule has 1 atom stereocenters. The van der Waals surface area contributed by atoms with Crippen LogP contribution in [-0.2, 0) is 0 Å². The van der Waals surface area contributed by atoms with E-state index in [4.69, 9.17) is 28.9 Å². The molecule has 15 heavy (non-hydrogen) atoms. The molecule has 0 aliphatic heterocycles. The van der Waals surface area contributed by atoms with Crippen LogP contribution >= 0.6 is 23.2 Å². The number of nitrogens with zero attached hydrogens (tertiary/aromatic N) is 1. The summed E-state index contributed by atoms with van der Waals surface area (Å²) in [6.45, 7) is 1.87. The molecular weight excluding hydrogens is 231 g/mol. The van der Waals surface area contributed by atoms with Gasteiger partial charge in [0.25, 0.3) is 0 Å². The highest BCUT2D eigenvalue weighted by atomic mass is 35.5. The summed E-state index contributed by atoms with van der Waals surface area (Å²) in [5.41, 5.74) is 7.34. The van der Waals surface area contributed by atoms with Crippen molar-refractivity contribution in [2.45, 2.75) is 13.0 Å². The van der Waals surface area contributed by atoms with Gasteiger partial charge in [-0.15, -0.1) is 0 Å². The molecule has 2 nitrogen and oxygen atoms in total. The van der Waals surface area contributed by atoms with Crippen molar-refractivity contribution in [1.82, 2.24) is 4.98 Å². The number of benzene rings is 1. The van der Waals surface area contributed by atoms with E-state index in [1.54, 1.807) is 6.07 Å². The molecule has 78 valence electrons. The van der Waals surface area contributed by atoms with Gasteiger partial charge < -0.3 is 5.73 Å². The van der Waals surface area contributed by atoms with E-state index in [-0.39, 0.29) is 6.04 Å². The summed E-state index contributed by atoms with van der Waals surface area (Å²) in [7, 11) is 0. The maximum atomic E-state index is 6.02. The average molecular weight is 241 g/mol. The molecule has 0 spiro atoms. The van der Waals surface area contributed by atoms with Crippen molar-refractivity contribution in [3.63, 3.8) is 0 Å². The Kier molecular flexibility index (Phi) is 2.83. The standard InChI is InChI=1S/C11H10Cl2N2/c1-6(14)8-5-7-3-2-4-9(12)10(7)15-11(8)13/h2-6H,14H2,1H3/t6-/m0/s1. The molecule has 1 aromatic carbocycles. The molecule has 2 aromatic rings. The first kappa shape index (κ1) is 10.7. The fraction of sp³-hybridized carbons (Fsp3) is 0.182. The molecule has 0 fully saturated rings. The smallest absolute Gasteiger partial charge is 0.134 e. The number of fused-ring (bicyclic) bond motifs is 1. The zero-order chi connectivity index (χ0) is 11.0. The van der Waals surface area contributed by atoms with Crippen LogP contribution in [0, 0.1) is 0 Å². The minimum absolute atomic E-state index is 0.131. The van der Waals surface area contributed by atoms with E-state index >= 15 is 0 Å². The number of aromatic nitrogens is 1. The van der Waals surface area contributed by atoms with Crippen molar-refractivity contribution < 1.29 is 0 Å². The van der Waals surface area contributed by atoms with Crippen LogP contribution in [0.1, 0.15) is 18.5 Å². The number of halogens is 2. The summed E-state index contributed by atoms with van der Waals surface area (Å²) in [5, 5.41) is 1.98. The van der Waals surface area contributed by atoms with Crippen LogP contribution in [0.15, 0.2) is 24.3 Å². The largest absolute Gasteiger partial charge is 0.324 e. The van der Waals surface area contributed by atoms with Gasteiger partial charge in [0, 0.05) is 17.0 Å². The van der Waals surface area contributed by atoms with Crippen LogP contribution in [0.4, 0.5) is 0 Å². The van der Waals surface area contributed by atoms with E-state index in [9.17, 15) is 0 Å². The third-order valence-electron chi connectivity index (χ3n) is 2.27. The molecule has 0 bridgehead atoms. The predicted molar refractivity (Wildman–Crippen MR) is 64.4 cm³/mol. The number of rotatable bonds is 1. The molecule has 4 heteroatoms. The Balaban J connectivity index is 2.76. The van der Waals surface area contributed by atoms with Crippen molar-refractivity contribution in [3.05, 3.63) is 40.0 Å². The molecule has 1 heterocycles. The van der Waals surface area contributed by atoms with Crippen molar-refractivity contribution in [3.8, 4) is 0 Å². The first-order valence-corrected chi connectivity index (χ1v) is 5.35. The second-order valence-corrected chi connectivity index (χ2v) is 4.23. The average Bonchev–Trinajstić information content (AvgIpc) is 2.18. The third-order valence-corrected chi connectivity index (χ3v) is 2.88. The lowest BCUT2D eigenvalue weighted by Gasteiger charge is -2.09. The Morgan fingerprint density at radius 3 is 2.73 bits per heavy atom. The quantitative estimate of drug-likeness (QED) is 0.775. The molecule has 0 saturated heterocycles. The topological polar surface area (TPSA) is 38.9 Å². The summed E-state index contributed by atoms with van der Waals surface area (Å²) in [5.74, 6) is 0. The van der Waals surface area contributed by atoms with Gasteiger partial charge in [-0.2, -0.15) is 0 Å². The Bertz CT molecular complexity index is 509. The lowest BCUT2D eigenvalue weighted by Crippen LogP contribution is -2.06. The highest BCUT2D eigenvalue weighted by Gasteiger charge is 2.09. The second kappa shape index (κ2) is 3.97. The summed E-state index contributed by atoms with van der Waals surface area (Å²) < 4.78 is 0. The molecule has 0 saturated carbocycles. The number of para-hydroxylation sites is 1. The molecule has 0 aliphatic carbocycles. The van der Waals surface area contributed by atoms with Crippen molar-refractivity contribution in [2.75, 3.05) is 0 Å². The third kappa shape index (κ3) is 1.93. The highest BCUT2D eigenvalue weighted by molar-refractivity contribution is 6.35. The van der Waals surface area contributed by atoms with Gasteiger partial charge in [-0.25, -0.2) is 4.98 Å². The van der Waals surface area contributed by atoms with E-state index in [1.165, 1.54) is 0 Å².